The number of nitriles is 1. The molecule has 1 N–H and O–H groups in total. The lowest BCUT2D eigenvalue weighted by Crippen LogP contribution is -2.13. The molecule has 0 radical (unpaired) electrons. The van der Waals surface area contributed by atoms with Gasteiger partial charge in [-0.15, -0.1) is 0 Å². The van der Waals surface area contributed by atoms with Crippen LogP contribution in [0.2, 0.25) is 0 Å². The Balaban J connectivity index is 1.87. The SMILES string of the molecule is CCOc1cc(C=C(C#N)C(=O)Nc2cc(C)on2)cc(Br)c1OCc1ccccc1[N+](=O)[O-]. The van der Waals surface area contributed by atoms with E-state index in [-0.39, 0.29) is 23.7 Å². The van der Waals surface area contributed by atoms with Crippen molar-refractivity contribution >= 4 is 39.4 Å². The topological polar surface area (TPSA) is 141 Å². The minimum atomic E-state index is -0.651. The number of halogens is 1. The summed E-state index contributed by atoms with van der Waals surface area (Å²) in [4.78, 5) is 23.2. The third-order valence-corrected chi connectivity index (χ3v) is 5.03. The highest BCUT2D eigenvalue weighted by Crippen LogP contribution is 2.38. The second-order valence-electron chi connectivity index (χ2n) is 6.88. The molecule has 0 aliphatic rings. The van der Waals surface area contributed by atoms with E-state index in [9.17, 15) is 20.2 Å². The maximum absolute atomic E-state index is 12.5. The maximum atomic E-state index is 12.5. The average molecular weight is 527 g/mol. The highest BCUT2D eigenvalue weighted by atomic mass is 79.9. The van der Waals surface area contributed by atoms with E-state index >= 15 is 0 Å². The van der Waals surface area contributed by atoms with Crippen LogP contribution in [-0.4, -0.2) is 22.6 Å². The molecule has 0 saturated heterocycles. The van der Waals surface area contributed by atoms with Crippen LogP contribution in [0.5, 0.6) is 11.5 Å². The lowest BCUT2D eigenvalue weighted by Gasteiger charge is -2.15. The molecule has 0 atom stereocenters. The number of carbonyl (C=O) groups is 1. The van der Waals surface area contributed by atoms with Gasteiger partial charge in [-0.1, -0.05) is 17.3 Å². The van der Waals surface area contributed by atoms with E-state index in [0.717, 1.165) is 0 Å². The van der Waals surface area contributed by atoms with Crippen LogP contribution in [0.4, 0.5) is 11.5 Å². The Hall–Kier alpha value is -4.17. The molecule has 34 heavy (non-hydrogen) atoms. The zero-order valence-electron chi connectivity index (χ0n) is 18.2. The summed E-state index contributed by atoms with van der Waals surface area (Å²) in [6, 6.07) is 12.9. The lowest BCUT2D eigenvalue weighted by molar-refractivity contribution is -0.385. The quantitative estimate of drug-likeness (QED) is 0.174. The molecule has 0 aliphatic heterocycles. The zero-order chi connectivity index (χ0) is 24.7. The van der Waals surface area contributed by atoms with E-state index < -0.39 is 10.8 Å². The molecular weight excluding hydrogens is 508 g/mol. The van der Waals surface area contributed by atoms with E-state index in [4.69, 9.17) is 14.0 Å². The van der Waals surface area contributed by atoms with Gasteiger partial charge in [0.15, 0.2) is 17.3 Å². The number of aryl methyl sites for hydroxylation is 1. The first-order chi connectivity index (χ1) is 16.3. The smallest absolute Gasteiger partial charge is 0.276 e. The molecule has 0 unspecified atom stereocenters. The van der Waals surface area contributed by atoms with Crippen LogP contribution in [0.1, 0.15) is 23.8 Å². The van der Waals surface area contributed by atoms with Crippen LogP contribution < -0.4 is 14.8 Å². The normalized spacial score (nSPS) is 10.9. The number of anilines is 1. The number of benzene rings is 2. The Bertz CT molecular complexity index is 1290. The number of rotatable bonds is 9. The van der Waals surface area contributed by atoms with Gasteiger partial charge in [0.1, 0.15) is 24.0 Å². The average Bonchev–Trinajstić information content (AvgIpc) is 3.21. The van der Waals surface area contributed by atoms with Crippen molar-refractivity contribution in [2.24, 2.45) is 0 Å². The van der Waals surface area contributed by atoms with Gasteiger partial charge in [0, 0.05) is 12.1 Å². The van der Waals surface area contributed by atoms with Crippen LogP contribution in [-0.2, 0) is 11.4 Å². The van der Waals surface area contributed by atoms with E-state index in [1.165, 1.54) is 18.2 Å². The summed E-state index contributed by atoms with van der Waals surface area (Å²) < 4.78 is 16.9. The number of carbonyl (C=O) groups excluding carboxylic acids is 1. The van der Waals surface area contributed by atoms with Crippen LogP contribution in [0.25, 0.3) is 6.08 Å². The van der Waals surface area contributed by atoms with Gasteiger partial charge in [-0.25, -0.2) is 0 Å². The van der Waals surface area contributed by atoms with Crippen molar-refractivity contribution in [1.29, 1.82) is 5.26 Å². The number of hydrogen-bond donors (Lipinski definition) is 1. The van der Waals surface area contributed by atoms with Crippen molar-refractivity contribution in [3.63, 3.8) is 0 Å². The van der Waals surface area contributed by atoms with Crippen molar-refractivity contribution in [3.8, 4) is 17.6 Å². The second-order valence-corrected chi connectivity index (χ2v) is 7.74. The molecule has 2 aromatic carbocycles. The molecule has 11 heteroatoms. The number of aromatic nitrogens is 1. The molecule has 0 bridgehead atoms. The van der Waals surface area contributed by atoms with Gasteiger partial charge >= 0.3 is 0 Å². The number of para-hydroxylation sites is 1. The van der Waals surface area contributed by atoms with Crippen LogP contribution in [0.15, 0.2) is 57.0 Å². The van der Waals surface area contributed by atoms with Crippen molar-refractivity contribution in [3.05, 3.63) is 79.5 Å². The molecule has 1 aromatic heterocycles. The summed E-state index contributed by atoms with van der Waals surface area (Å²) >= 11 is 3.42. The molecule has 0 saturated carbocycles. The van der Waals surface area contributed by atoms with E-state index in [1.807, 2.05) is 6.07 Å². The number of nitro benzene ring substituents is 1. The van der Waals surface area contributed by atoms with Crippen LogP contribution in [0.3, 0.4) is 0 Å². The third-order valence-electron chi connectivity index (χ3n) is 4.44. The van der Waals surface area contributed by atoms with Crippen molar-refractivity contribution in [1.82, 2.24) is 5.16 Å². The van der Waals surface area contributed by atoms with Gasteiger partial charge in [0.2, 0.25) is 0 Å². The van der Waals surface area contributed by atoms with Gasteiger partial charge in [-0.3, -0.25) is 14.9 Å². The zero-order valence-corrected chi connectivity index (χ0v) is 19.8. The molecule has 3 aromatic rings. The van der Waals surface area contributed by atoms with Gasteiger partial charge < -0.3 is 19.3 Å². The molecule has 0 aliphatic carbocycles. The third kappa shape index (κ3) is 5.99. The number of nitrogens with zero attached hydrogens (tertiary/aromatic N) is 3. The number of ether oxygens (including phenoxy) is 2. The molecular formula is C23H19BrN4O6. The summed E-state index contributed by atoms with van der Waals surface area (Å²) in [5, 5.41) is 26.9. The molecule has 10 nitrogen and oxygen atoms in total. The molecule has 0 spiro atoms. The Labute approximate surface area is 203 Å². The van der Waals surface area contributed by atoms with Gasteiger partial charge in [-0.2, -0.15) is 5.26 Å². The molecule has 174 valence electrons. The van der Waals surface area contributed by atoms with Gasteiger partial charge in [0.25, 0.3) is 11.6 Å². The number of hydrogen-bond acceptors (Lipinski definition) is 8. The minimum absolute atomic E-state index is 0.0527. The predicted molar refractivity (Wildman–Crippen MR) is 126 cm³/mol. The fourth-order valence-electron chi connectivity index (χ4n) is 2.96. The molecule has 0 fully saturated rings. The summed E-state index contributed by atoms with van der Waals surface area (Å²) in [7, 11) is 0. The van der Waals surface area contributed by atoms with Crippen molar-refractivity contribution < 1.29 is 23.7 Å². The van der Waals surface area contributed by atoms with Gasteiger partial charge in [-0.05, 0) is 59.6 Å². The summed E-state index contributed by atoms with van der Waals surface area (Å²) in [5.74, 6) is 0.726. The largest absolute Gasteiger partial charge is 0.490 e. The molecule has 3 rings (SSSR count). The first-order valence-corrected chi connectivity index (χ1v) is 10.8. The monoisotopic (exact) mass is 526 g/mol. The highest BCUT2D eigenvalue weighted by Gasteiger charge is 2.18. The summed E-state index contributed by atoms with van der Waals surface area (Å²) in [5.41, 5.74) is 0.681. The number of amides is 1. The highest BCUT2D eigenvalue weighted by molar-refractivity contribution is 9.10. The fraction of sp³-hybridized carbons (Fsp3) is 0.174. The minimum Gasteiger partial charge on any atom is -0.490 e. The van der Waals surface area contributed by atoms with Crippen molar-refractivity contribution in [2.45, 2.75) is 20.5 Å². The summed E-state index contributed by atoms with van der Waals surface area (Å²) in [6.45, 7) is 3.72. The van der Waals surface area contributed by atoms with Crippen molar-refractivity contribution in [2.75, 3.05) is 11.9 Å². The Morgan fingerprint density at radius 3 is 2.74 bits per heavy atom. The van der Waals surface area contributed by atoms with E-state index in [1.54, 1.807) is 44.2 Å². The first kappa shape index (κ1) is 24.5. The Kier molecular flexibility index (Phi) is 8.00. The van der Waals surface area contributed by atoms with Crippen LogP contribution in [0, 0.1) is 28.4 Å². The van der Waals surface area contributed by atoms with E-state index in [0.29, 0.717) is 39.5 Å². The summed E-state index contributed by atoms with van der Waals surface area (Å²) in [6.07, 6.45) is 1.39. The van der Waals surface area contributed by atoms with Crippen LogP contribution >= 0.6 is 15.9 Å². The second kappa shape index (κ2) is 11.1. The van der Waals surface area contributed by atoms with Gasteiger partial charge in [0.05, 0.1) is 21.6 Å². The molecule has 1 heterocycles. The molecule has 1 amide bonds. The number of nitro groups is 1. The Morgan fingerprint density at radius 1 is 1.32 bits per heavy atom. The maximum Gasteiger partial charge on any atom is 0.276 e. The first-order valence-electron chi connectivity index (χ1n) is 10.00. The number of nitrogens with one attached hydrogen (secondary N) is 1. The standard InChI is InChI=1S/C23H19BrN4O6/c1-3-32-20-11-15(9-17(12-25)23(29)26-21-8-14(2)34-27-21)10-18(24)22(20)33-13-16-6-4-5-7-19(16)28(30)31/h4-11H,3,13H2,1-2H3,(H,26,27,29). The lowest BCUT2D eigenvalue weighted by atomic mass is 10.1. The fourth-order valence-corrected chi connectivity index (χ4v) is 3.53. The van der Waals surface area contributed by atoms with E-state index in [2.05, 4.69) is 26.4 Å². The predicted octanol–water partition coefficient (Wildman–Crippen LogP) is 5.18. The Morgan fingerprint density at radius 2 is 2.09 bits per heavy atom.